The van der Waals surface area contributed by atoms with E-state index in [2.05, 4.69) is 9.84 Å². The molecule has 0 aliphatic rings. The zero-order valence-electron chi connectivity index (χ0n) is 16.5. The molecule has 5 nitrogen and oxygen atoms in total. The third-order valence-electron chi connectivity index (χ3n) is 4.79. The number of esters is 1. The molecule has 0 spiro atoms. The molecule has 0 atom stereocenters. The number of rotatable bonds is 4. The highest BCUT2D eigenvalue weighted by Crippen LogP contribution is 2.54. The molecule has 0 radical (unpaired) electrons. The van der Waals surface area contributed by atoms with Gasteiger partial charge in [-0.05, 0) is 23.8 Å². The Bertz CT molecular complexity index is 1200. The molecule has 14 heteroatoms. The molecule has 0 bridgehead atoms. The highest BCUT2D eigenvalue weighted by Gasteiger charge is 2.75. The lowest BCUT2D eigenvalue weighted by molar-refractivity contribution is -0.350. The van der Waals surface area contributed by atoms with Crippen molar-refractivity contribution in [2.75, 3.05) is 7.11 Å². The number of nitrogens with zero attached hydrogens (tertiary/aromatic N) is 3. The molecular weight excluding hydrogens is 506 g/mol. The molecule has 0 amide bonds. The van der Waals surface area contributed by atoms with E-state index in [0.717, 1.165) is 18.8 Å². The number of benzene rings is 1. The minimum Gasteiger partial charge on any atom is -0.465 e. The van der Waals surface area contributed by atoms with Crippen LogP contribution >= 0.6 is 23.2 Å². The van der Waals surface area contributed by atoms with E-state index < -0.39 is 40.5 Å². The molecule has 0 aliphatic carbocycles. The van der Waals surface area contributed by atoms with Gasteiger partial charge in [0, 0.05) is 18.8 Å². The molecule has 3 aromatic rings. The first kappa shape index (κ1) is 24.9. The van der Waals surface area contributed by atoms with Gasteiger partial charge in [0.15, 0.2) is 5.82 Å². The Labute approximate surface area is 191 Å². The molecule has 0 saturated carbocycles. The van der Waals surface area contributed by atoms with Gasteiger partial charge >= 0.3 is 24.0 Å². The van der Waals surface area contributed by atoms with Crippen molar-refractivity contribution in [1.82, 2.24) is 14.3 Å². The van der Waals surface area contributed by atoms with Crippen LogP contribution in [0.5, 0.6) is 0 Å². The maximum atomic E-state index is 14.6. The van der Waals surface area contributed by atoms with Crippen LogP contribution in [-0.4, -0.2) is 39.8 Å². The monoisotopic (exact) mass is 517 g/mol. The topological polar surface area (TPSA) is 49.0 Å². The van der Waals surface area contributed by atoms with Crippen LogP contribution in [0.3, 0.4) is 0 Å². The number of methoxy groups -OCH3 is 1. The summed E-state index contributed by atoms with van der Waals surface area (Å²) in [5.74, 6) is -1.18. The first-order valence-electron chi connectivity index (χ1n) is 8.74. The van der Waals surface area contributed by atoms with E-state index in [1.165, 1.54) is 30.6 Å². The maximum Gasteiger partial charge on any atom is 0.437 e. The second kappa shape index (κ2) is 8.24. The average Bonchev–Trinajstić information content (AvgIpc) is 3.29. The Morgan fingerprint density at radius 2 is 1.58 bits per heavy atom. The van der Waals surface area contributed by atoms with Gasteiger partial charge in [0.2, 0.25) is 0 Å². The normalized spacial score (nSPS) is 12.8. The van der Waals surface area contributed by atoms with Gasteiger partial charge in [0.05, 0.1) is 34.6 Å². The van der Waals surface area contributed by atoms with Gasteiger partial charge in [0.25, 0.3) is 0 Å². The average molecular weight is 518 g/mol. The summed E-state index contributed by atoms with van der Waals surface area (Å²) in [6.07, 6.45) is -10.2. The third kappa shape index (κ3) is 4.05. The Morgan fingerprint density at radius 3 is 2.12 bits per heavy atom. The Kier molecular flexibility index (Phi) is 6.22. The van der Waals surface area contributed by atoms with E-state index in [4.69, 9.17) is 23.2 Å². The van der Waals surface area contributed by atoms with Crippen LogP contribution in [-0.2, 0) is 17.5 Å². The summed E-state index contributed by atoms with van der Waals surface area (Å²) in [6, 6.07) is 4.48. The quantitative estimate of drug-likeness (QED) is 0.303. The van der Waals surface area contributed by atoms with Crippen LogP contribution in [0.15, 0.2) is 36.7 Å². The number of halogens is 9. The fourth-order valence-corrected chi connectivity index (χ4v) is 3.67. The number of ether oxygens (including phenoxy) is 1. The number of carbonyl (C=O) groups excluding carboxylic acids is 1. The van der Waals surface area contributed by atoms with Gasteiger partial charge < -0.3 is 9.30 Å². The molecule has 178 valence electrons. The summed E-state index contributed by atoms with van der Waals surface area (Å²) in [5.41, 5.74) is -6.74. The molecule has 0 saturated heterocycles. The van der Waals surface area contributed by atoms with Gasteiger partial charge in [-0.15, -0.1) is 0 Å². The zero-order chi connectivity index (χ0) is 24.9. The first-order valence-corrected chi connectivity index (χ1v) is 9.50. The van der Waals surface area contributed by atoms with Crippen LogP contribution in [0, 0.1) is 0 Å². The number of alkyl halides is 7. The number of hydrogen-bond donors (Lipinski definition) is 0. The number of carbonyl (C=O) groups is 1. The van der Waals surface area contributed by atoms with E-state index in [1.54, 1.807) is 0 Å². The Morgan fingerprint density at radius 1 is 0.970 bits per heavy atom. The minimum absolute atomic E-state index is 0.0150. The predicted molar refractivity (Wildman–Crippen MR) is 104 cm³/mol. The number of aromatic nitrogens is 3. The summed E-state index contributed by atoms with van der Waals surface area (Å²) < 4.78 is 99.4. The van der Waals surface area contributed by atoms with Crippen molar-refractivity contribution in [3.63, 3.8) is 0 Å². The maximum absolute atomic E-state index is 14.6. The molecule has 2 aromatic heterocycles. The molecule has 0 unspecified atom stereocenters. The van der Waals surface area contributed by atoms with Gasteiger partial charge in [0.1, 0.15) is 0 Å². The fourth-order valence-electron chi connectivity index (χ4n) is 3.16. The molecule has 1 aromatic carbocycles. The zero-order valence-corrected chi connectivity index (χ0v) is 18.0. The van der Waals surface area contributed by atoms with Gasteiger partial charge in [-0.2, -0.15) is 31.4 Å². The summed E-state index contributed by atoms with van der Waals surface area (Å²) in [5, 5.41) is 3.38. The molecular formula is C19H12Cl2F7N3O2. The smallest absolute Gasteiger partial charge is 0.437 e. The summed E-state index contributed by atoms with van der Waals surface area (Å²) in [4.78, 5) is 11.8. The van der Waals surface area contributed by atoms with Crippen LogP contribution in [0.2, 0.25) is 10.0 Å². The van der Waals surface area contributed by atoms with Crippen molar-refractivity contribution >= 4 is 29.2 Å². The van der Waals surface area contributed by atoms with Crippen LogP contribution in [0.4, 0.5) is 30.7 Å². The highest BCUT2D eigenvalue weighted by molar-refractivity contribution is 6.33. The highest BCUT2D eigenvalue weighted by atomic mass is 35.5. The van der Waals surface area contributed by atoms with Crippen LogP contribution in [0.1, 0.15) is 16.1 Å². The lowest BCUT2D eigenvalue weighted by Gasteiger charge is -2.30. The van der Waals surface area contributed by atoms with Crippen molar-refractivity contribution in [3.8, 4) is 16.9 Å². The number of hydrogen-bond acceptors (Lipinski definition) is 3. The van der Waals surface area contributed by atoms with Crippen LogP contribution in [0.25, 0.3) is 16.9 Å². The first-order chi connectivity index (χ1) is 15.1. The van der Waals surface area contributed by atoms with Crippen molar-refractivity contribution in [1.29, 1.82) is 0 Å². The lowest BCUT2D eigenvalue weighted by Crippen LogP contribution is -2.51. The molecule has 33 heavy (non-hydrogen) atoms. The predicted octanol–water partition coefficient (Wildman–Crippen LogP) is 6.26. The van der Waals surface area contributed by atoms with Gasteiger partial charge in [-0.25, -0.2) is 13.9 Å². The van der Waals surface area contributed by atoms with E-state index in [9.17, 15) is 35.5 Å². The van der Waals surface area contributed by atoms with Gasteiger partial charge in [-0.1, -0.05) is 29.3 Å². The molecule has 0 fully saturated rings. The fraction of sp³-hybridized carbons (Fsp3) is 0.263. The van der Waals surface area contributed by atoms with E-state index in [-0.39, 0.29) is 16.7 Å². The standard InChI is InChI=1S/C19H12Cl2F7N3O2/c1-30-14(17(22,18(23,24)25)19(26,27)28)6-13(21)15(30)31-8-10(7-29-31)9-3-4-12(20)11(5-9)16(32)33-2/h3-8H,1-2H3. The Balaban J connectivity index is 2.12. The second-order valence-electron chi connectivity index (χ2n) is 6.77. The van der Waals surface area contributed by atoms with E-state index >= 15 is 0 Å². The van der Waals surface area contributed by atoms with Crippen molar-refractivity contribution in [2.45, 2.75) is 18.0 Å². The molecule has 0 N–H and O–H groups in total. The lowest BCUT2D eigenvalue weighted by atomic mass is 10.0. The second-order valence-corrected chi connectivity index (χ2v) is 7.59. The molecule has 0 aliphatic heterocycles. The largest absolute Gasteiger partial charge is 0.465 e. The van der Waals surface area contributed by atoms with Crippen molar-refractivity contribution in [3.05, 3.63) is 58.0 Å². The van der Waals surface area contributed by atoms with Crippen molar-refractivity contribution < 1.29 is 40.3 Å². The minimum atomic E-state index is -6.30. The van der Waals surface area contributed by atoms with E-state index in [0.29, 0.717) is 15.7 Å². The third-order valence-corrected chi connectivity index (χ3v) is 5.40. The van der Waals surface area contributed by atoms with Crippen LogP contribution < -0.4 is 0 Å². The summed E-state index contributed by atoms with van der Waals surface area (Å²) in [7, 11) is 1.94. The summed E-state index contributed by atoms with van der Waals surface area (Å²) in [6.45, 7) is 0. The summed E-state index contributed by atoms with van der Waals surface area (Å²) >= 11 is 11.8. The van der Waals surface area contributed by atoms with Crippen molar-refractivity contribution in [2.24, 2.45) is 7.05 Å². The SMILES string of the molecule is COC(=O)c1cc(-c2cnn(-c3c(Cl)cc(C(F)(C(F)(F)F)C(F)(F)F)n3C)c2)ccc1Cl. The Hall–Kier alpha value is -2.73. The van der Waals surface area contributed by atoms with Gasteiger partial charge in [-0.3, -0.25) is 0 Å². The van der Waals surface area contributed by atoms with E-state index in [1.807, 2.05) is 0 Å². The molecule has 3 rings (SSSR count). The molecule has 2 heterocycles.